The Hall–Kier alpha value is -2.16. The van der Waals surface area contributed by atoms with E-state index in [0.717, 1.165) is 5.56 Å². The average Bonchev–Trinajstić information content (AvgIpc) is 2.37. The van der Waals surface area contributed by atoms with Gasteiger partial charge in [-0.3, -0.25) is 4.79 Å². The molecular formula is C16H16FNO. The van der Waals surface area contributed by atoms with Gasteiger partial charge < -0.3 is 5.73 Å². The van der Waals surface area contributed by atoms with Crippen LogP contribution in [0.2, 0.25) is 0 Å². The summed E-state index contributed by atoms with van der Waals surface area (Å²) in [5, 5.41) is 0. The second-order valence-electron chi connectivity index (χ2n) is 4.83. The molecule has 19 heavy (non-hydrogen) atoms. The highest BCUT2D eigenvalue weighted by atomic mass is 19.1. The maximum atomic E-state index is 13.3. The van der Waals surface area contributed by atoms with Crippen molar-refractivity contribution in [1.82, 2.24) is 0 Å². The molecule has 0 atom stereocenters. The number of amides is 1. The molecule has 2 nitrogen and oxygen atoms in total. The number of carbonyl (C=O) groups is 1. The molecule has 0 radical (unpaired) electrons. The van der Waals surface area contributed by atoms with Crippen LogP contribution in [0.4, 0.5) is 4.39 Å². The first-order chi connectivity index (χ1) is 8.99. The summed E-state index contributed by atoms with van der Waals surface area (Å²) in [6.07, 6.45) is 0. The largest absolute Gasteiger partial charge is 0.366 e. The van der Waals surface area contributed by atoms with E-state index in [1.54, 1.807) is 18.2 Å². The highest BCUT2D eigenvalue weighted by Crippen LogP contribution is 2.27. The molecule has 2 N–H and O–H groups in total. The van der Waals surface area contributed by atoms with Crippen LogP contribution in [0.15, 0.2) is 42.5 Å². The Balaban J connectivity index is 2.60. The Morgan fingerprint density at radius 1 is 1.16 bits per heavy atom. The average molecular weight is 257 g/mol. The molecule has 2 aromatic carbocycles. The Bertz CT molecular complexity index is 620. The molecule has 2 rings (SSSR count). The number of benzene rings is 2. The minimum Gasteiger partial charge on any atom is -0.366 e. The minimum absolute atomic E-state index is 0.305. The molecule has 0 unspecified atom stereocenters. The summed E-state index contributed by atoms with van der Waals surface area (Å²) in [4.78, 5) is 11.6. The van der Waals surface area contributed by atoms with Crippen molar-refractivity contribution < 1.29 is 9.18 Å². The topological polar surface area (TPSA) is 43.1 Å². The van der Waals surface area contributed by atoms with Gasteiger partial charge in [-0.25, -0.2) is 4.39 Å². The second kappa shape index (κ2) is 5.22. The van der Waals surface area contributed by atoms with Crippen LogP contribution >= 0.6 is 0 Å². The molecule has 0 heterocycles. The van der Waals surface area contributed by atoms with Gasteiger partial charge in [-0.2, -0.15) is 0 Å². The van der Waals surface area contributed by atoms with Crippen LogP contribution in [-0.4, -0.2) is 5.91 Å². The highest BCUT2D eigenvalue weighted by molar-refractivity contribution is 6.00. The first-order valence-electron chi connectivity index (χ1n) is 6.18. The molecule has 0 saturated heterocycles. The normalized spacial score (nSPS) is 10.7. The SMILES string of the molecule is CC(C)c1ccc(-c2cccc(F)c2)c(C(N)=O)c1. The van der Waals surface area contributed by atoms with E-state index in [4.69, 9.17) is 5.73 Å². The molecule has 0 spiro atoms. The van der Waals surface area contributed by atoms with E-state index in [2.05, 4.69) is 0 Å². The molecule has 0 aliphatic carbocycles. The van der Waals surface area contributed by atoms with Gasteiger partial charge in [0.05, 0.1) is 0 Å². The number of hydrogen-bond donors (Lipinski definition) is 1. The summed E-state index contributed by atoms with van der Waals surface area (Å²) in [7, 11) is 0. The fraction of sp³-hybridized carbons (Fsp3) is 0.188. The van der Waals surface area contributed by atoms with E-state index in [9.17, 15) is 9.18 Å². The van der Waals surface area contributed by atoms with Crippen LogP contribution in [0.1, 0.15) is 35.7 Å². The molecule has 0 aliphatic rings. The molecule has 1 amide bonds. The molecule has 98 valence electrons. The predicted molar refractivity (Wildman–Crippen MR) is 74.4 cm³/mol. The number of hydrogen-bond acceptors (Lipinski definition) is 1. The molecule has 0 bridgehead atoms. The maximum absolute atomic E-state index is 13.3. The van der Waals surface area contributed by atoms with E-state index in [1.165, 1.54) is 12.1 Å². The van der Waals surface area contributed by atoms with Gasteiger partial charge in [0.25, 0.3) is 0 Å². The summed E-state index contributed by atoms with van der Waals surface area (Å²) in [5.74, 6) is -0.526. The Labute approximate surface area is 112 Å². The highest BCUT2D eigenvalue weighted by Gasteiger charge is 2.12. The van der Waals surface area contributed by atoms with Gasteiger partial charge in [0.2, 0.25) is 5.91 Å². The summed E-state index contributed by atoms with van der Waals surface area (Å²) >= 11 is 0. The van der Waals surface area contributed by atoms with Gasteiger partial charge in [-0.1, -0.05) is 38.1 Å². The third kappa shape index (κ3) is 2.81. The van der Waals surface area contributed by atoms with E-state index in [0.29, 0.717) is 22.6 Å². The molecule has 0 aliphatic heterocycles. The number of rotatable bonds is 3. The summed E-state index contributed by atoms with van der Waals surface area (Å²) in [5.41, 5.74) is 8.21. The fourth-order valence-electron chi connectivity index (χ4n) is 2.03. The van der Waals surface area contributed by atoms with E-state index >= 15 is 0 Å². The van der Waals surface area contributed by atoms with Crippen LogP contribution in [0, 0.1) is 5.82 Å². The number of halogens is 1. The smallest absolute Gasteiger partial charge is 0.249 e. The molecule has 2 aromatic rings. The van der Waals surface area contributed by atoms with Crippen LogP contribution in [0.25, 0.3) is 11.1 Å². The lowest BCUT2D eigenvalue weighted by Gasteiger charge is -2.12. The van der Waals surface area contributed by atoms with Gasteiger partial charge in [0.15, 0.2) is 0 Å². The van der Waals surface area contributed by atoms with Crippen molar-refractivity contribution in [2.24, 2.45) is 5.73 Å². The summed E-state index contributed by atoms with van der Waals surface area (Å²) < 4.78 is 13.3. The zero-order valence-corrected chi connectivity index (χ0v) is 11.0. The summed E-state index contributed by atoms with van der Waals surface area (Å²) in [6, 6.07) is 11.7. The van der Waals surface area contributed by atoms with Gasteiger partial charge >= 0.3 is 0 Å². The molecule has 0 fully saturated rings. The van der Waals surface area contributed by atoms with Crippen molar-refractivity contribution in [2.45, 2.75) is 19.8 Å². The van der Waals surface area contributed by atoms with Crippen LogP contribution in [-0.2, 0) is 0 Å². The van der Waals surface area contributed by atoms with E-state index in [1.807, 2.05) is 26.0 Å². The standard InChI is InChI=1S/C16H16FNO/c1-10(2)11-6-7-14(15(9-11)16(18)19)12-4-3-5-13(17)8-12/h3-10H,1-2H3,(H2,18,19). The number of primary amides is 1. The molecule has 0 saturated carbocycles. The van der Waals surface area contributed by atoms with Crippen molar-refractivity contribution in [3.63, 3.8) is 0 Å². The van der Waals surface area contributed by atoms with Crippen molar-refractivity contribution in [1.29, 1.82) is 0 Å². The van der Waals surface area contributed by atoms with Gasteiger partial charge in [0.1, 0.15) is 5.82 Å². The zero-order valence-electron chi connectivity index (χ0n) is 11.0. The van der Waals surface area contributed by atoms with Gasteiger partial charge in [-0.05, 0) is 40.8 Å². The fourth-order valence-corrected chi connectivity index (χ4v) is 2.03. The lowest BCUT2D eigenvalue weighted by Crippen LogP contribution is -2.13. The Morgan fingerprint density at radius 3 is 2.47 bits per heavy atom. The van der Waals surface area contributed by atoms with E-state index in [-0.39, 0.29) is 5.82 Å². The molecular weight excluding hydrogens is 241 g/mol. The van der Waals surface area contributed by atoms with Crippen molar-refractivity contribution in [3.8, 4) is 11.1 Å². The lowest BCUT2D eigenvalue weighted by molar-refractivity contribution is 0.100. The van der Waals surface area contributed by atoms with Crippen LogP contribution in [0.3, 0.4) is 0 Å². The monoisotopic (exact) mass is 257 g/mol. The number of nitrogens with two attached hydrogens (primary N) is 1. The predicted octanol–water partition coefficient (Wildman–Crippen LogP) is 3.72. The molecule has 3 heteroatoms. The Morgan fingerprint density at radius 2 is 1.89 bits per heavy atom. The first kappa shape index (κ1) is 13.3. The zero-order chi connectivity index (χ0) is 14.0. The third-order valence-corrected chi connectivity index (χ3v) is 3.11. The molecule has 0 aromatic heterocycles. The van der Waals surface area contributed by atoms with Crippen molar-refractivity contribution in [3.05, 3.63) is 59.4 Å². The van der Waals surface area contributed by atoms with Gasteiger partial charge in [-0.15, -0.1) is 0 Å². The quantitative estimate of drug-likeness (QED) is 0.894. The van der Waals surface area contributed by atoms with Gasteiger partial charge in [0, 0.05) is 5.56 Å². The lowest BCUT2D eigenvalue weighted by atomic mass is 9.93. The summed E-state index contributed by atoms with van der Waals surface area (Å²) in [6.45, 7) is 4.09. The maximum Gasteiger partial charge on any atom is 0.249 e. The van der Waals surface area contributed by atoms with Crippen molar-refractivity contribution >= 4 is 5.91 Å². The Kier molecular flexibility index (Phi) is 3.65. The van der Waals surface area contributed by atoms with E-state index < -0.39 is 5.91 Å². The first-order valence-corrected chi connectivity index (χ1v) is 6.18. The number of carbonyl (C=O) groups excluding carboxylic acids is 1. The second-order valence-corrected chi connectivity index (χ2v) is 4.83. The van der Waals surface area contributed by atoms with Crippen molar-refractivity contribution in [2.75, 3.05) is 0 Å². The third-order valence-electron chi connectivity index (χ3n) is 3.11. The minimum atomic E-state index is -0.498. The van der Waals surface area contributed by atoms with Crippen LogP contribution in [0.5, 0.6) is 0 Å². The van der Waals surface area contributed by atoms with Crippen LogP contribution < -0.4 is 5.73 Å².